The predicted molar refractivity (Wildman–Crippen MR) is 95.9 cm³/mol. The third kappa shape index (κ3) is 2.78. The molecular formula is C18H21ClN4O. The zero-order valence-electron chi connectivity index (χ0n) is 13.8. The van der Waals surface area contributed by atoms with Gasteiger partial charge in [0.1, 0.15) is 11.9 Å². The minimum atomic E-state index is 0.276. The minimum Gasteiger partial charge on any atom is -0.489 e. The van der Waals surface area contributed by atoms with E-state index >= 15 is 0 Å². The van der Waals surface area contributed by atoms with Gasteiger partial charge in [-0.2, -0.15) is 5.10 Å². The molecule has 1 fully saturated rings. The first-order valence-electron chi connectivity index (χ1n) is 8.21. The topological polar surface area (TPSA) is 40.1 Å². The molecule has 0 saturated carbocycles. The molecule has 0 spiro atoms. The molecule has 1 N–H and O–H groups in total. The predicted octanol–water partition coefficient (Wildman–Crippen LogP) is 2.64. The number of halogens is 1. The highest BCUT2D eigenvalue weighted by molar-refractivity contribution is 6.33. The highest BCUT2D eigenvalue weighted by atomic mass is 35.5. The van der Waals surface area contributed by atoms with E-state index in [1.54, 1.807) is 6.21 Å². The Morgan fingerprint density at radius 1 is 1.38 bits per heavy atom. The molecule has 3 aliphatic rings. The van der Waals surface area contributed by atoms with Crippen LogP contribution in [0.1, 0.15) is 17.5 Å². The van der Waals surface area contributed by atoms with E-state index in [1.807, 2.05) is 0 Å². The highest BCUT2D eigenvalue weighted by Gasteiger charge is 2.28. The third-order valence-corrected chi connectivity index (χ3v) is 5.22. The first kappa shape index (κ1) is 15.5. The summed E-state index contributed by atoms with van der Waals surface area (Å²) in [5, 5.41) is 4.74. The largest absolute Gasteiger partial charge is 0.489 e. The summed E-state index contributed by atoms with van der Waals surface area (Å²) < 4.78 is 6.29. The van der Waals surface area contributed by atoms with Gasteiger partial charge in [0.05, 0.1) is 22.6 Å². The summed E-state index contributed by atoms with van der Waals surface area (Å²) in [6.07, 6.45) is 3.12. The standard InChI is InChI=1S/C18H21ClN4O/c1-12-18(19)16(8-20-21-12)23-9-13-4-3-5-17(15(13)11-23)24-14-6-7-22(2)10-14/h3-5,8,14,21H,1,6-7,9-11H2,2H3. The van der Waals surface area contributed by atoms with E-state index in [-0.39, 0.29) is 6.10 Å². The number of fused-ring (bicyclic) bond motifs is 1. The van der Waals surface area contributed by atoms with E-state index in [0.29, 0.717) is 10.7 Å². The van der Waals surface area contributed by atoms with Gasteiger partial charge < -0.3 is 14.5 Å². The molecule has 0 aromatic heterocycles. The molecule has 5 nitrogen and oxygen atoms in total. The van der Waals surface area contributed by atoms with Crippen LogP contribution in [0.2, 0.25) is 0 Å². The first-order chi connectivity index (χ1) is 11.6. The Morgan fingerprint density at radius 2 is 2.25 bits per heavy atom. The van der Waals surface area contributed by atoms with Crippen LogP contribution in [0.5, 0.6) is 5.75 Å². The van der Waals surface area contributed by atoms with Crippen molar-refractivity contribution in [3.8, 4) is 5.75 Å². The fraction of sp³-hybridized carbons (Fsp3) is 0.389. The van der Waals surface area contributed by atoms with Gasteiger partial charge in [0.2, 0.25) is 0 Å². The van der Waals surface area contributed by atoms with Crippen molar-refractivity contribution in [1.29, 1.82) is 0 Å². The zero-order chi connectivity index (χ0) is 16.7. The van der Waals surface area contributed by atoms with Crippen LogP contribution < -0.4 is 10.2 Å². The van der Waals surface area contributed by atoms with Gasteiger partial charge in [-0.05, 0) is 25.1 Å². The molecule has 1 atom stereocenters. The van der Waals surface area contributed by atoms with Crippen LogP contribution in [-0.4, -0.2) is 42.3 Å². The number of likely N-dealkylation sites (N-methyl/N-ethyl adjacent to an activating group) is 1. The SMILES string of the molecule is C=C1NN=CC(N2Cc3cccc(OC4CCN(C)C4)c3C2)=C1Cl. The lowest BCUT2D eigenvalue weighted by atomic mass is 10.1. The van der Waals surface area contributed by atoms with Gasteiger partial charge in [0.25, 0.3) is 0 Å². The molecule has 0 aliphatic carbocycles. The summed E-state index contributed by atoms with van der Waals surface area (Å²) in [4.78, 5) is 4.53. The van der Waals surface area contributed by atoms with Gasteiger partial charge in [-0.1, -0.05) is 30.3 Å². The number of ether oxygens (including phenoxy) is 1. The third-order valence-electron chi connectivity index (χ3n) is 4.80. The van der Waals surface area contributed by atoms with E-state index in [2.05, 4.69) is 52.2 Å². The number of allylic oxidation sites excluding steroid dienone is 2. The summed E-state index contributed by atoms with van der Waals surface area (Å²) in [6, 6.07) is 6.30. The molecule has 3 aliphatic heterocycles. The summed E-state index contributed by atoms with van der Waals surface area (Å²) in [5.41, 5.74) is 6.88. The van der Waals surface area contributed by atoms with Crippen molar-refractivity contribution < 1.29 is 4.74 Å². The molecule has 6 heteroatoms. The second kappa shape index (κ2) is 6.15. The van der Waals surface area contributed by atoms with Crippen molar-refractivity contribution in [2.45, 2.75) is 25.6 Å². The van der Waals surface area contributed by atoms with Crippen molar-refractivity contribution in [2.75, 3.05) is 20.1 Å². The lowest BCUT2D eigenvalue weighted by Gasteiger charge is -2.23. The van der Waals surface area contributed by atoms with Crippen molar-refractivity contribution >= 4 is 17.8 Å². The van der Waals surface area contributed by atoms with E-state index in [1.165, 1.54) is 11.1 Å². The maximum absolute atomic E-state index is 6.40. The average Bonchev–Trinajstić information content (AvgIpc) is 3.17. The molecule has 1 unspecified atom stereocenters. The minimum absolute atomic E-state index is 0.276. The fourth-order valence-electron chi connectivity index (χ4n) is 3.49. The normalized spacial score (nSPS) is 23.7. The molecule has 3 heterocycles. The molecular weight excluding hydrogens is 324 g/mol. The Morgan fingerprint density at radius 3 is 3.04 bits per heavy atom. The molecule has 24 heavy (non-hydrogen) atoms. The lowest BCUT2D eigenvalue weighted by molar-refractivity contribution is 0.205. The van der Waals surface area contributed by atoms with Crippen molar-refractivity contribution in [2.24, 2.45) is 5.10 Å². The fourth-order valence-corrected chi connectivity index (χ4v) is 3.70. The highest BCUT2D eigenvalue weighted by Crippen LogP contribution is 2.35. The van der Waals surface area contributed by atoms with E-state index in [4.69, 9.17) is 16.3 Å². The van der Waals surface area contributed by atoms with E-state index in [0.717, 1.165) is 44.0 Å². The summed E-state index contributed by atoms with van der Waals surface area (Å²) in [6.45, 7) is 7.56. The Kier molecular flexibility index (Phi) is 3.98. The molecule has 1 aromatic carbocycles. The first-order valence-corrected chi connectivity index (χ1v) is 8.58. The number of likely N-dealkylation sites (tertiary alicyclic amines) is 1. The van der Waals surface area contributed by atoms with Crippen LogP contribution in [0.4, 0.5) is 0 Å². The number of hydrogen-bond donors (Lipinski definition) is 1. The molecule has 0 bridgehead atoms. The lowest BCUT2D eigenvalue weighted by Crippen LogP contribution is -2.24. The number of nitrogens with zero attached hydrogens (tertiary/aromatic N) is 3. The Bertz CT molecular complexity index is 743. The monoisotopic (exact) mass is 344 g/mol. The van der Waals surface area contributed by atoms with Crippen LogP contribution in [0.25, 0.3) is 0 Å². The maximum Gasteiger partial charge on any atom is 0.125 e. The maximum atomic E-state index is 6.40. The van der Waals surface area contributed by atoms with Crippen molar-refractivity contribution in [3.05, 3.63) is 52.3 Å². The second-order valence-corrected chi connectivity index (χ2v) is 6.97. The Balaban J connectivity index is 1.56. The Labute approximate surface area is 147 Å². The molecule has 1 aromatic rings. The summed E-state index contributed by atoms with van der Waals surface area (Å²) in [5.74, 6) is 0.997. The van der Waals surface area contributed by atoms with E-state index in [9.17, 15) is 0 Å². The summed E-state index contributed by atoms with van der Waals surface area (Å²) >= 11 is 6.40. The van der Waals surface area contributed by atoms with Crippen LogP contribution in [-0.2, 0) is 13.1 Å². The van der Waals surface area contributed by atoms with Gasteiger partial charge in [-0.25, -0.2) is 0 Å². The van der Waals surface area contributed by atoms with Crippen molar-refractivity contribution in [3.63, 3.8) is 0 Å². The van der Waals surface area contributed by atoms with Crippen LogP contribution in [0, 0.1) is 0 Å². The number of nitrogens with one attached hydrogen (secondary N) is 1. The second-order valence-electron chi connectivity index (χ2n) is 6.59. The molecule has 1 saturated heterocycles. The van der Waals surface area contributed by atoms with Gasteiger partial charge >= 0.3 is 0 Å². The number of rotatable bonds is 3. The average molecular weight is 345 g/mol. The van der Waals surface area contributed by atoms with Gasteiger partial charge in [0.15, 0.2) is 0 Å². The van der Waals surface area contributed by atoms with Gasteiger partial charge in [0, 0.05) is 31.7 Å². The Hall–Kier alpha value is -1.98. The van der Waals surface area contributed by atoms with Gasteiger partial charge in [-0.15, -0.1) is 0 Å². The quantitative estimate of drug-likeness (QED) is 0.915. The molecule has 0 amide bonds. The molecule has 0 radical (unpaired) electrons. The number of benzene rings is 1. The molecule has 4 rings (SSSR count). The van der Waals surface area contributed by atoms with Crippen molar-refractivity contribution in [1.82, 2.24) is 15.2 Å². The van der Waals surface area contributed by atoms with Crippen LogP contribution >= 0.6 is 11.6 Å². The zero-order valence-corrected chi connectivity index (χ0v) is 14.5. The number of hydrazone groups is 1. The molecule has 126 valence electrons. The van der Waals surface area contributed by atoms with Gasteiger partial charge in [-0.3, -0.25) is 5.43 Å². The van der Waals surface area contributed by atoms with Crippen LogP contribution in [0.15, 0.2) is 46.3 Å². The van der Waals surface area contributed by atoms with Crippen LogP contribution in [0.3, 0.4) is 0 Å². The number of hydrogen-bond acceptors (Lipinski definition) is 5. The van der Waals surface area contributed by atoms with E-state index < -0.39 is 0 Å². The summed E-state index contributed by atoms with van der Waals surface area (Å²) in [7, 11) is 2.14. The smallest absolute Gasteiger partial charge is 0.125 e.